The second kappa shape index (κ2) is 7.82. The number of methoxy groups -OCH3 is 1. The quantitative estimate of drug-likeness (QED) is 0.882. The van der Waals surface area contributed by atoms with Gasteiger partial charge >= 0.3 is 0 Å². The van der Waals surface area contributed by atoms with Crippen molar-refractivity contribution in [1.29, 1.82) is 0 Å². The second-order valence-electron chi connectivity index (χ2n) is 6.95. The third kappa shape index (κ3) is 4.16. The third-order valence-corrected chi connectivity index (χ3v) is 5.21. The van der Waals surface area contributed by atoms with Gasteiger partial charge in [0.25, 0.3) is 0 Å². The second-order valence-corrected chi connectivity index (χ2v) is 6.95. The van der Waals surface area contributed by atoms with E-state index in [4.69, 9.17) is 4.74 Å². The van der Waals surface area contributed by atoms with Crippen molar-refractivity contribution >= 4 is 0 Å². The maximum Gasteiger partial charge on any atom is 0.119 e. The molecule has 0 bridgehead atoms. The van der Waals surface area contributed by atoms with Crippen LogP contribution in [-0.2, 0) is 13.0 Å². The van der Waals surface area contributed by atoms with Crippen molar-refractivity contribution < 1.29 is 9.84 Å². The van der Waals surface area contributed by atoms with E-state index in [0.717, 1.165) is 44.6 Å². The molecule has 3 nitrogen and oxygen atoms in total. The molecule has 0 aromatic heterocycles. The monoisotopic (exact) mass is 325 g/mol. The summed E-state index contributed by atoms with van der Waals surface area (Å²) in [5.74, 6) is 0.915. The molecule has 0 unspecified atom stereocenters. The van der Waals surface area contributed by atoms with E-state index >= 15 is 0 Å². The smallest absolute Gasteiger partial charge is 0.119 e. The summed E-state index contributed by atoms with van der Waals surface area (Å²) in [5, 5.41) is 10.0. The average Bonchev–Trinajstić information content (AvgIpc) is 2.64. The number of hydrogen-bond acceptors (Lipinski definition) is 3. The summed E-state index contributed by atoms with van der Waals surface area (Å²) in [6.07, 6.45) is 3.06. The van der Waals surface area contributed by atoms with E-state index in [0.29, 0.717) is 0 Å². The number of ether oxygens (including phenoxy) is 1. The minimum atomic E-state index is 0.0340. The number of aliphatic hydroxyl groups excluding tert-OH is 1. The Balaban J connectivity index is 1.59. The van der Waals surface area contributed by atoms with Crippen LogP contribution >= 0.6 is 0 Å². The number of piperidine rings is 1. The molecule has 1 fully saturated rings. The first-order valence-corrected chi connectivity index (χ1v) is 8.73. The lowest BCUT2D eigenvalue weighted by Gasteiger charge is -2.41. The SMILES string of the molecule is COc1cccc(CN2CCC(CO)(Cc3ccccc3)CC2)c1. The molecule has 1 aliphatic rings. The zero-order valence-electron chi connectivity index (χ0n) is 14.4. The maximum absolute atomic E-state index is 10.0. The average molecular weight is 325 g/mol. The molecular formula is C21H27NO2. The Morgan fingerprint density at radius 3 is 2.38 bits per heavy atom. The summed E-state index contributed by atoms with van der Waals surface area (Å²) in [7, 11) is 1.71. The summed E-state index contributed by atoms with van der Waals surface area (Å²) in [5.41, 5.74) is 2.65. The van der Waals surface area contributed by atoms with Crippen LogP contribution in [0.3, 0.4) is 0 Å². The fourth-order valence-corrected chi connectivity index (χ4v) is 3.63. The van der Waals surface area contributed by atoms with Gasteiger partial charge in [-0.25, -0.2) is 0 Å². The van der Waals surface area contributed by atoms with Crippen molar-refractivity contribution in [3.8, 4) is 5.75 Å². The molecule has 3 heteroatoms. The Morgan fingerprint density at radius 1 is 1.00 bits per heavy atom. The number of rotatable bonds is 6. The zero-order chi connectivity index (χ0) is 16.8. The van der Waals surface area contributed by atoms with Crippen LogP contribution in [0.5, 0.6) is 5.75 Å². The molecule has 0 radical (unpaired) electrons. The molecule has 1 heterocycles. The molecule has 1 aliphatic heterocycles. The Bertz CT molecular complexity index is 633. The highest BCUT2D eigenvalue weighted by Crippen LogP contribution is 2.35. The molecule has 2 aromatic carbocycles. The highest BCUT2D eigenvalue weighted by atomic mass is 16.5. The van der Waals surface area contributed by atoms with Gasteiger partial charge in [-0.1, -0.05) is 42.5 Å². The van der Waals surface area contributed by atoms with E-state index in [1.165, 1.54) is 11.1 Å². The van der Waals surface area contributed by atoms with Crippen LogP contribution in [0.25, 0.3) is 0 Å². The summed E-state index contributed by atoms with van der Waals surface area (Å²) < 4.78 is 5.31. The predicted octanol–water partition coefficient (Wildman–Crippen LogP) is 3.51. The van der Waals surface area contributed by atoms with Gasteiger partial charge in [0.05, 0.1) is 7.11 Å². The lowest BCUT2D eigenvalue weighted by Crippen LogP contribution is -2.42. The summed E-state index contributed by atoms with van der Waals surface area (Å²) in [6.45, 7) is 3.29. The van der Waals surface area contributed by atoms with Gasteiger partial charge in [0.1, 0.15) is 5.75 Å². The molecule has 0 saturated carbocycles. The van der Waals surface area contributed by atoms with E-state index in [1.54, 1.807) is 7.11 Å². The minimum absolute atomic E-state index is 0.0340. The molecule has 1 N–H and O–H groups in total. The van der Waals surface area contributed by atoms with Gasteiger partial charge in [0.15, 0.2) is 0 Å². The third-order valence-electron chi connectivity index (χ3n) is 5.21. The molecule has 24 heavy (non-hydrogen) atoms. The number of likely N-dealkylation sites (tertiary alicyclic amines) is 1. The van der Waals surface area contributed by atoms with Crippen LogP contribution in [0.4, 0.5) is 0 Å². The van der Waals surface area contributed by atoms with E-state index in [-0.39, 0.29) is 12.0 Å². The van der Waals surface area contributed by atoms with Crippen LogP contribution in [0.15, 0.2) is 54.6 Å². The molecule has 0 amide bonds. The fraction of sp³-hybridized carbons (Fsp3) is 0.429. The largest absolute Gasteiger partial charge is 0.497 e. The molecule has 0 aliphatic carbocycles. The Hall–Kier alpha value is -1.84. The Kier molecular flexibility index (Phi) is 5.54. The maximum atomic E-state index is 10.0. The molecule has 0 spiro atoms. The summed E-state index contributed by atoms with van der Waals surface area (Å²) in [6, 6.07) is 18.8. The molecule has 128 valence electrons. The number of aliphatic hydroxyl groups is 1. The van der Waals surface area contributed by atoms with Crippen molar-refractivity contribution in [2.45, 2.75) is 25.8 Å². The van der Waals surface area contributed by atoms with Gasteiger partial charge in [-0.2, -0.15) is 0 Å². The topological polar surface area (TPSA) is 32.7 Å². The van der Waals surface area contributed by atoms with Crippen LogP contribution in [-0.4, -0.2) is 36.8 Å². The zero-order valence-corrected chi connectivity index (χ0v) is 14.4. The van der Waals surface area contributed by atoms with Gasteiger partial charge in [0, 0.05) is 13.2 Å². The fourth-order valence-electron chi connectivity index (χ4n) is 3.63. The first kappa shape index (κ1) is 17.0. The van der Waals surface area contributed by atoms with E-state index in [2.05, 4.69) is 41.3 Å². The number of hydrogen-bond donors (Lipinski definition) is 1. The lowest BCUT2D eigenvalue weighted by molar-refractivity contribution is 0.0413. The summed E-state index contributed by atoms with van der Waals surface area (Å²) in [4.78, 5) is 2.48. The summed E-state index contributed by atoms with van der Waals surface area (Å²) >= 11 is 0. The highest BCUT2D eigenvalue weighted by Gasteiger charge is 2.34. The Morgan fingerprint density at radius 2 is 1.71 bits per heavy atom. The van der Waals surface area contributed by atoms with Gasteiger partial charge < -0.3 is 9.84 Å². The number of benzene rings is 2. The van der Waals surface area contributed by atoms with Gasteiger partial charge in [-0.15, -0.1) is 0 Å². The molecule has 1 saturated heterocycles. The van der Waals surface area contributed by atoms with Crippen molar-refractivity contribution in [3.63, 3.8) is 0 Å². The number of nitrogens with zero attached hydrogens (tertiary/aromatic N) is 1. The lowest BCUT2D eigenvalue weighted by atomic mass is 9.74. The van der Waals surface area contributed by atoms with E-state index in [9.17, 15) is 5.11 Å². The van der Waals surface area contributed by atoms with Crippen LogP contribution < -0.4 is 4.74 Å². The molecule has 0 atom stereocenters. The molecular weight excluding hydrogens is 298 g/mol. The minimum Gasteiger partial charge on any atom is -0.497 e. The first-order chi connectivity index (χ1) is 11.7. The Labute approximate surface area is 144 Å². The first-order valence-electron chi connectivity index (χ1n) is 8.73. The van der Waals surface area contributed by atoms with Gasteiger partial charge in [0.2, 0.25) is 0 Å². The van der Waals surface area contributed by atoms with Gasteiger partial charge in [-0.05, 0) is 61.0 Å². The van der Waals surface area contributed by atoms with Gasteiger partial charge in [-0.3, -0.25) is 4.90 Å². The van der Waals surface area contributed by atoms with Crippen molar-refractivity contribution in [2.75, 3.05) is 26.8 Å². The van der Waals surface area contributed by atoms with E-state index < -0.39 is 0 Å². The van der Waals surface area contributed by atoms with Crippen LogP contribution in [0, 0.1) is 5.41 Å². The predicted molar refractivity (Wildman–Crippen MR) is 97.2 cm³/mol. The van der Waals surface area contributed by atoms with Crippen molar-refractivity contribution in [2.24, 2.45) is 5.41 Å². The molecule has 3 rings (SSSR count). The van der Waals surface area contributed by atoms with Crippen LogP contribution in [0.2, 0.25) is 0 Å². The normalized spacial score (nSPS) is 17.6. The standard InChI is InChI=1S/C21H27NO2/c1-24-20-9-5-8-19(14-20)16-22-12-10-21(17-23,11-13-22)15-18-6-3-2-4-7-18/h2-9,14,23H,10-13,15-17H2,1H3. The molecule has 2 aromatic rings. The van der Waals surface area contributed by atoms with E-state index in [1.807, 2.05) is 18.2 Å². The highest BCUT2D eigenvalue weighted by molar-refractivity contribution is 5.28. The van der Waals surface area contributed by atoms with Crippen LogP contribution in [0.1, 0.15) is 24.0 Å². The van der Waals surface area contributed by atoms with Crippen molar-refractivity contribution in [3.05, 3.63) is 65.7 Å². The van der Waals surface area contributed by atoms with Crippen molar-refractivity contribution in [1.82, 2.24) is 4.90 Å².